The number of allylic oxidation sites excluding steroid dienone is 2. The van der Waals surface area contributed by atoms with E-state index in [-0.39, 0.29) is 28.6 Å². The predicted molar refractivity (Wildman–Crippen MR) is 142 cm³/mol. The Bertz CT molecular complexity index is 1080. The fraction of sp³-hybridized carbons (Fsp3) is 0.625. The van der Waals surface area contributed by atoms with Crippen molar-refractivity contribution in [1.82, 2.24) is 5.32 Å². The molecule has 4 fully saturated rings. The summed E-state index contributed by atoms with van der Waals surface area (Å²) >= 11 is 0. The molecule has 0 saturated heterocycles. The molecule has 2 N–H and O–H groups in total. The number of nitrogens with one attached hydrogen (secondary N) is 1. The number of carbonyl (C=O) groups excluding carboxylic acids is 2. The SMILES string of the molecule is C[C@]12CC[C@H]3[C@@H](CCC4C(C=C=C=O)CC(=CO)C[C@@]43C)[C@@H]1CC[C@@H]2C(=O)NCCc1ccccc1. The van der Waals surface area contributed by atoms with Crippen molar-refractivity contribution in [2.75, 3.05) is 6.54 Å². The second-order valence-electron chi connectivity index (χ2n) is 12.5. The van der Waals surface area contributed by atoms with Crippen LogP contribution in [0.5, 0.6) is 0 Å². The molecule has 8 atom stereocenters. The summed E-state index contributed by atoms with van der Waals surface area (Å²) in [5, 5.41) is 13.2. The van der Waals surface area contributed by atoms with E-state index in [1.807, 2.05) is 18.1 Å². The van der Waals surface area contributed by atoms with E-state index >= 15 is 0 Å². The number of benzene rings is 1. The van der Waals surface area contributed by atoms with Crippen LogP contribution in [-0.4, -0.2) is 23.5 Å². The fourth-order valence-corrected chi connectivity index (χ4v) is 9.40. The summed E-state index contributed by atoms with van der Waals surface area (Å²) in [6, 6.07) is 10.4. The second-order valence-corrected chi connectivity index (χ2v) is 12.5. The van der Waals surface area contributed by atoms with E-state index in [1.165, 1.54) is 18.2 Å². The summed E-state index contributed by atoms with van der Waals surface area (Å²) in [4.78, 5) is 24.3. The van der Waals surface area contributed by atoms with Gasteiger partial charge in [0.05, 0.1) is 6.26 Å². The van der Waals surface area contributed by atoms with Crippen molar-refractivity contribution >= 4 is 11.8 Å². The molecule has 0 spiro atoms. The first-order valence-electron chi connectivity index (χ1n) is 14.0. The molecule has 5 rings (SSSR count). The Morgan fingerprint density at radius 3 is 2.56 bits per heavy atom. The summed E-state index contributed by atoms with van der Waals surface area (Å²) < 4.78 is 0. The van der Waals surface area contributed by atoms with Gasteiger partial charge >= 0.3 is 0 Å². The summed E-state index contributed by atoms with van der Waals surface area (Å²) in [7, 11) is 0. The van der Waals surface area contributed by atoms with Crippen LogP contribution < -0.4 is 5.32 Å². The first-order valence-corrected chi connectivity index (χ1v) is 14.0. The van der Waals surface area contributed by atoms with Gasteiger partial charge in [0.2, 0.25) is 5.91 Å². The van der Waals surface area contributed by atoms with Crippen molar-refractivity contribution in [2.24, 2.45) is 46.3 Å². The van der Waals surface area contributed by atoms with Crippen LogP contribution in [0.3, 0.4) is 0 Å². The molecule has 0 bridgehead atoms. The highest BCUT2D eigenvalue weighted by atomic mass is 16.2. The first kappa shape index (κ1) is 25.1. The van der Waals surface area contributed by atoms with Crippen LogP contribution >= 0.6 is 0 Å². The van der Waals surface area contributed by atoms with Gasteiger partial charge in [-0.2, -0.15) is 0 Å². The first-order chi connectivity index (χ1) is 17.4. The zero-order valence-electron chi connectivity index (χ0n) is 21.8. The van der Waals surface area contributed by atoms with Crippen molar-refractivity contribution in [3.8, 4) is 0 Å². The van der Waals surface area contributed by atoms with Crippen LogP contribution in [-0.2, 0) is 16.0 Å². The molecule has 4 saturated carbocycles. The lowest BCUT2D eigenvalue weighted by atomic mass is 9.43. The Kier molecular flexibility index (Phi) is 7.03. The fourth-order valence-electron chi connectivity index (χ4n) is 9.40. The number of aliphatic hydroxyl groups is 1. The van der Waals surface area contributed by atoms with Gasteiger partial charge in [-0.05, 0) is 121 Å². The third-order valence-electron chi connectivity index (χ3n) is 11.0. The quantitative estimate of drug-likeness (QED) is 0.295. The molecule has 0 heterocycles. The van der Waals surface area contributed by atoms with Gasteiger partial charge in [0.1, 0.15) is 0 Å². The maximum Gasteiger partial charge on any atom is 0.223 e. The second kappa shape index (κ2) is 10.1. The summed E-state index contributed by atoms with van der Waals surface area (Å²) in [5.74, 6) is 4.74. The Hall–Kier alpha value is -2.54. The lowest BCUT2D eigenvalue weighted by Crippen LogP contribution is -2.55. The third-order valence-corrected chi connectivity index (χ3v) is 11.0. The molecule has 4 aliphatic carbocycles. The van der Waals surface area contributed by atoms with Crippen molar-refractivity contribution in [3.05, 3.63) is 59.5 Å². The average Bonchev–Trinajstić information content (AvgIpc) is 3.24. The molecule has 4 heteroatoms. The van der Waals surface area contributed by atoms with Gasteiger partial charge in [0.15, 0.2) is 5.94 Å². The van der Waals surface area contributed by atoms with Crippen molar-refractivity contribution < 1.29 is 14.7 Å². The van der Waals surface area contributed by atoms with Gasteiger partial charge in [-0.25, -0.2) is 4.79 Å². The smallest absolute Gasteiger partial charge is 0.223 e. The molecular weight excluding hydrogens is 446 g/mol. The van der Waals surface area contributed by atoms with E-state index in [0.717, 1.165) is 56.9 Å². The minimum absolute atomic E-state index is 0.0745. The van der Waals surface area contributed by atoms with Crippen LogP contribution in [0.15, 0.2) is 54.0 Å². The number of aliphatic hydroxyl groups excluding tert-OH is 1. The van der Waals surface area contributed by atoms with E-state index in [2.05, 4.69) is 49.2 Å². The molecule has 1 amide bonds. The lowest BCUT2D eigenvalue weighted by Gasteiger charge is -2.61. The summed E-state index contributed by atoms with van der Waals surface area (Å²) in [6.45, 7) is 5.54. The maximum atomic E-state index is 13.4. The van der Waals surface area contributed by atoms with Crippen molar-refractivity contribution in [3.63, 3.8) is 0 Å². The minimum Gasteiger partial charge on any atom is -0.516 e. The van der Waals surface area contributed by atoms with Gasteiger partial charge in [-0.15, -0.1) is 0 Å². The molecule has 36 heavy (non-hydrogen) atoms. The number of carbonyl (C=O) groups is 1. The number of hydrogen-bond acceptors (Lipinski definition) is 3. The van der Waals surface area contributed by atoms with Crippen LogP contribution in [0.4, 0.5) is 0 Å². The largest absolute Gasteiger partial charge is 0.516 e. The number of hydrogen-bond donors (Lipinski definition) is 2. The van der Waals surface area contributed by atoms with Crippen molar-refractivity contribution in [2.45, 2.75) is 71.6 Å². The molecule has 192 valence electrons. The average molecular weight is 488 g/mol. The van der Waals surface area contributed by atoms with Crippen molar-refractivity contribution in [1.29, 1.82) is 0 Å². The summed E-state index contributed by atoms with van der Waals surface area (Å²) in [5.41, 5.74) is 5.23. The zero-order valence-corrected chi connectivity index (χ0v) is 21.8. The highest BCUT2D eigenvalue weighted by molar-refractivity contribution is 5.80. The Labute approximate surface area is 215 Å². The molecule has 0 radical (unpaired) electrons. The van der Waals surface area contributed by atoms with Crippen LogP contribution in [0.25, 0.3) is 0 Å². The number of rotatable bonds is 5. The lowest BCUT2D eigenvalue weighted by molar-refractivity contribution is -0.137. The molecule has 0 aliphatic heterocycles. The maximum absolute atomic E-state index is 13.4. The topological polar surface area (TPSA) is 66.4 Å². The van der Waals surface area contributed by atoms with Crippen LogP contribution in [0.2, 0.25) is 0 Å². The predicted octanol–water partition coefficient (Wildman–Crippen LogP) is 6.22. The highest BCUT2D eigenvalue weighted by Crippen LogP contribution is 2.68. The number of amides is 1. The van der Waals surface area contributed by atoms with E-state index in [1.54, 1.807) is 0 Å². The molecule has 4 nitrogen and oxygen atoms in total. The van der Waals surface area contributed by atoms with E-state index in [0.29, 0.717) is 30.2 Å². The standard InChI is InChI=1S/C32H41NO3/c1-31-16-14-28-25(10-11-26-24(9-6-18-34)19-23(21-35)20-32(26,28)2)27(31)12-13-29(31)30(36)33-17-15-22-7-4-3-5-8-22/h3-5,7-9,21,24-29,35H,10-17,19-20H2,1-2H3,(H,33,36)/t24?,25-,26?,27-,28-,29+,31-,32-/m0/s1. The monoisotopic (exact) mass is 487 g/mol. The zero-order chi connectivity index (χ0) is 25.3. The van der Waals surface area contributed by atoms with Gasteiger partial charge in [-0.3, -0.25) is 4.79 Å². The number of fused-ring (bicyclic) bond motifs is 5. The molecule has 2 unspecified atom stereocenters. The molecule has 1 aromatic rings. The van der Waals surface area contributed by atoms with Crippen LogP contribution in [0.1, 0.15) is 70.8 Å². The van der Waals surface area contributed by atoms with Gasteiger partial charge in [0, 0.05) is 12.5 Å². The minimum atomic E-state index is 0.0745. The molecular formula is C32H41NO3. The summed E-state index contributed by atoms with van der Waals surface area (Å²) in [6.07, 6.45) is 12.6. The normalized spacial score (nSPS) is 40.2. The Balaban J connectivity index is 1.31. The van der Waals surface area contributed by atoms with Crippen LogP contribution in [0, 0.1) is 46.3 Å². The molecule has 4 aliphatic rings. The van der Waals surface area contributed by atoms with Gasteiger partial charge < -0.3 is 10.4 Å². The van der Waals surface area contributed by atoms with Gasteiger partial charge in [-0.1, -0.05) is 44.2 Å². The van der Waals surface area contributed by atoms with E-state index in [9.17, 15) is 14.7 Å². The van der Waals surface area contributed by atoms with E-state index in [4.69, 9.17) is 0 Å². The molecule has 1 aromatic carbocycles. The Morgan fingerprint density at radius 2 is 1.81 bits per heavy atom. The van der Waals surface area contributed by atoms with E-state index < -0.39 is 0 Å². The van der Waals surface area contributed by atoms with Gasteiger partial charge in [0.25, 0.3) is 0 Å². The Morgan fingerprint density at radius 1 is 1.06 bits per heavy atom. The highest BCUT2D eigenvalue weighted by Gasteiger charge is 2.62. The third kappa shape index (κ3) is 4.29. The molecule has 0 aromatic heterocycles.